The molecule has 0 radical (unpaired) electrons. The van der Waals surface area contributed by atoms with Crippen LogP contribution in [0.3, 0.4) is 0 Å². The van der Waals surface area contributed by atoms with E-state index in [1.807, 2.05) is 6.07 Å². The molecule has 0 N–H and O–H groups in total. The number of carbonyl (C=O) groups excluding carboxylic acids is 1. The summed E-state index contributed by atoms with van der Waals surface area (Å²) in [6, 6.07) is 3.45. The average Bonchev–Trinajstić information content (AvgIpc) is 3.15. The van der Waals surface area contributed by atoms with Gasteiger partial charge in [-0.25, -0.2) is 4.79 Å². The molecule has 9 heteroatoms. The Hall–Kier alpha value is -2.68. The summed E-state index contributed by atoms with van der Waals surface area (Å²) in [4.78, 5) is 30.8. The third-order valence-corrected chi connectivity index (χ3v) is 6.09. The van der Waals surface area contributed by atoms with Gasteiger partial charge in [-0.2, -0.15) is 4.98 Å². The lowest BCUT2D eigenvalue weighted by Gasteiger charge is -2.33. The van der Waals surface area contributed by atoms with Crippen molar-refractivity contribution >= 4 is 6.09 Å². The van der Waals surface area contributed by atoms with E-state index in [-0.39, 0.29) is 29.7 Å². The number of nitrogens with zero attached hydrogens (tertiary/aromatic N) is 4. The van der Waals surface area contributed by atoms with E-state index >= 15 is 0 Å². The van der Waals surface area contributed by atoms with E-state index in [1.165, 1.54) is 6.07 Å². The minimum Gasteiger partial charge on any atom is -0.446 e. The van der Waals surface area contributed by atoms with E-state index in [1.54, 1.807) is 15.7 Å². The molecule has 1 aliphatic carbocycles. The highest BCUT2D eigenvalue weighted by molar-refractivity contribution is 5.68. The smallest absolute Gasteiger partial charge is 0.410 e. The summed E-state index contributed by atoms with van der Waals surface area (Å²) in [7, 11) is 0. The third-order valence-electron chi connectivity index (χ3n) is 6.09. The lowest BCUT2D eigenvalue weighted by atomic mass is 9.96. The Kier molecular flexibility index (Phi) is 4.83. The molecule has 0 bridgehead atoms. The molecule has 2 aliphatic heterocycles. The quantitative estimate of drug-likeness (QED) is 0.776. The van der Waals surface area contributed by atoms with Crippen molar-refractivity contribution in [3.63, 3.8) is 0 Å². The van der Waals surface area contributed by atoms with Gasteiger partial charge in [0.1, 0.15) is 6.10 Å². The number of carbonyl (C=O) groups is 1. The maximum atomic E-state index is 12.3. The zero-order valence-corrected chi connectivity index (χ0v) is 16.2. The van der Waals surface area contributed by atoms with E-state index in [0.29, 0.717) is 43.6 Å². The van der Waals surface area contributed by atoms with Crippen molar-refractivity contribution in [3.05, 3.63) is 34.5 Å². The second-order valence-electron chi connectivity index (χ2n) is 8.01. The Morgan fingerprint density at radius 3 is 2.59 bits per heavy atom. The molecule has 0 aromatic carbocycles. The van der Waals surface area contributed by atoms with Crippen LogP contribution in [0.1, 0.15) is 49.9 Å². The molecular weight excluding hydrogens is 376 g/mol. The molecule has 0 atom stereocenters. The predicted molar refractivity (Wildman–Crippen MR) is 102 cm³/mol. The Labute approximate surface area is 167 Å². The number of pyridine rings is 1. The van der Waals surface area contributed by atoms with Crippen molar-refractivity contribution < 1.29 is 18.8 Å². The monoisotopic (exact) mass is 400 g/mol. The van der Waals surface area contributed by atoms with Crippen LogP contribution in [0, 0.1) is 0 Å². The molecule has 154 valence electrons. The minimum atomic E-state index is -0.209. The number of amides is 1. The first-order valence-electron chi connectivity index (χ1n) is 10.3. The van der Waals surface area contributed by atoms with E-state index in [0.717, 1.165) is 32.1 Å². The molecular formula is C20H24N4O5. The minimum absolute atomic E-state index is 0.103. The van der Waals surface area contributed by atoms with E-state index in [2.05, 4.69) is 10.1 Å². The lowest BCUT2D eigenvalue weighted by molar-refractivity contribution is -0.0248. The molecule has 5 rings (SSSR count). The van der Waals surface area contributed by atoms with Crippen molar-refractivity contribution in [1.82, 2.24) is 19.6 Å². The normalized spacial score (nSPS) is 20.9. The van der Waals surface area contributed by atoms with Gasteiger partial charge in [-0.3, -0.25) is 4.79 Å². The van der Waals surface area contributed by atoms with Gasteiger partial charge in [0.15, 0.2) is 5.82 Å². The molecule has 3 aliphatic rings. The van der Waals surface area contributed by atoms with Crippen molar-refractivity contribution in [2.45, 2.75) is 50.2 Å². The molecule has 2 saturated heterocycles. The summed E-state index contributed by atoms with van der Waals surface area (Å²) in [6.45, 7) is 2.38. The van der Waals surface area contributed by atoms with Crippen LogP contribution >= 0.6 is 0 Å². The average molecular weight is 400 g/mol. The molecule has 3 fully saturated rings. The number of hydrogen-bond acceptors (Lipinski definition) is 7. The Balaban J connectivity index is 1.21. The molecule has 0 unspecified atom stereocenters. The number of aromatic nitrogens is 3. The summed E-state index contributed by atoms with van der Waals surface area (Å²) in [5, 5.41) is 4.12. The van der Waals surface area contributed by atoms with Crippen molar-refractivity contribution in [2.75, 3.05) is 26.3 Å². The summed E-state index contributed by atoms with van der Waals surface area (Å²) < 4.78 is 17.7. The lowest BCUT2D eigenvalue weighted by Crippen LogP contribution is -2.41. The number of hydrogen-bond donors (Lipinski definition) is 0. The first-order chi connectivity index (χ1) is 14.2. The molecule has 9 nitrogen and oxygen atoms in total. The van der Waals surface area contributed by atoms with E-state index < -0.39 is 0 Å². The number of ether oxygens (including phenoxy) is 2. The van der Waals surface area contributed by atoms with Gasteiger partial charge in [-0.05, 0) is 38.2 Å². The standard InChI is InChI=1S/C20H24N4O5/c25-17-10-14(6-9-24(17)15-11-27-12-15)19-21-18(22-29-19)13-4-7-23(8-5-13)20(26)28-16-2-1-3-16/h6,9-10,13,15-16H,1-5,7-8,11-12H2. The second-order valence-corrected chi connectivity index (χ2v) is 8.01. The van der Waals surface area contributed by atoms with Crippen LogP contribution < -0.4 is 5.56 Å². The van der Waals surface area contributed by atoms with Gasteiger partial charge in [0.05, 0.1) is 19.3 Å². The number of piperidine rings is 1. The molecule has 0 spiro atoms. The van der Waals surface area contributed by atoms with Crippen LogP contribution in [0.25, 0.3) is 11.5 Å². The SMILES string of the molecule is O=C(OC1CCC1)N1CCC(c2noc(-c3ccn(C4COC4)c(=O)c3)n2)CC1. The summed E-state index contributed by atoms with van der Waals surface area (Å²) in [6.07, 6.45) is 6.28. The van der Waals surface area contributed by atoms with Gasteiger partial charge in [0.25, 0.3) is 11.4 Å². The highest BCUT2D eigenvalue weighted by Gasteiger charge is 2.30. The maximum absolute atomic E-state index is 12.3. The second kappa shape index (κ2) is 7.62. The molecule has 29 heavy (non-hydrogen) atoms. The molecule has 1 amide bonds. The third kappa shape index (κ3) is 3.66. The van der Waals surface area contributed by atoms with Gasteiger partial charge in [0, 0.05) is 36.8 Å². The van der Waals surface area contributed by atoms with Gasteiger partial charge in [0.2, 0.25) is 0 Å². The first-order valence-corrected chi connectivity index (χ1v) is 10.3. The maximum Gasteiger partial charge on any atom is 0.410 e. The van der Waals surface area contributed by atoms with Crippen LogP contribution in [0.4, 0.5) is 4.79 Å². The van der Waals surface area contributed by atoms with Crippen LogP contribution in [0.2, 0.25) is 0 Å². The highest BCUT2D eigenvalue weighted by Crippen LogP contribution is 2.29. The van der Waals surface area contributed by atoms with Crippen LogP contribution in [0.15, 0.2) is 27.6 Å². The van der Waals surface area contributed by atoms with Gasteiger partial charge in [-0.15, -0.1) is 0 Å². The Morgan fingerprint density at radius 2 is 1.97 bits per heavy atom. The van der Waals surface area contributed by atoms with E-state index in [4.69, 9.17) is 14.0 Å². The van der Waals surface area contributed by atoms with Gasteiger partial charge >= 0.3 is 6.09 Å². The fourth-order valence-corrected chi connectivity index (χ4v) is 3.85. The largest absolute Gasteiger partial charge is 0.446 e. The first kappa shape index (κ1) is 18.4. The zero-order chi connectivity index (χ0) is 19.8. The fraction of sp³-hybridized carbons (Fsp3) is 0.600. The molecule has 2 aromatic rings. The zero-order valence-electron chi connectivity index (χ0n) is 16.2. The van der Waals surface area contributed by atoms with Gasteiger partial charge in [-0.1, -0.05) is 5.16 Å². The molecule has 1 saturated carbocycles. The van der Waals surface area contributed by atoms with Gasteiger partial charge < -0.3 is 23.5 Å². The van der Waals surface area contributed by atoms with Crippen LogP contribution in [0.5, 0.6) is 0 Å². The van der Waals surface area contributed by atoms with Crippen molar-refractivity contribution in [2.24, 2.45) is 0 Å². The van der Waals surface area contributed by atoms with E-state index in [9.17, 15) is 9.59 Å². The van der Waals surface area contributed by atoms with Crippen LogP contribution in [-0.4, -0.2) is 58.1 Å². The van der Waals surface area contributed by atoms with Crippen LogP contribution in [-0.2, 0) is 9.47 Å². The van der Waals surface area contributed by atoms with Crippen molar-refractivity contribution in [1.29, 1.82) is 0 Å². The predicted octanol–water partition coefficient (Wildman–Crippen LogP) is 2.34. The summed E-state index contributed by atoms with van der Waals surface area (Å²) in [5.74, 6) is 1.11. The Bertz CT molecular complexity index is 938. The number of rotatable bonds is 4. The summed E-state index contributed by atoms with van der Waals surface area (Å²) >= 11 is 0. The van der Waals surface area contributed by atoms with Crippen molar-refractivity contribution in [3.8, 4) is 11.5 Å². The topological polar surface area (TPSA) is 99.7 Å². The highest BCUT2D eigenvalue weighted by atomic mass is 16.6. The summed E-state index contributed by atoms with van der Waals surface area (Å²) in [5.41, 5.74) is 0.514. The fourth-order valence-electron chi connectivity index (χ4n) is 3.85. The molecule has 2 aromatic heterocycles. The Morgan fingerprint density at radius 1 is 1.17 bits per heavy atom. The molecule has 4 heterocycles. The number of likely N-dealkylation sites (tertiary alicyclic amines) is 1.